The lowest BCUT2D eigenvalue weighted by atomic mass is 9.78. The monoisotopic (exact) mass is 420 g/mol. The molecule has 6 heteroatoms. The molecule has 2 aromatic carbocycles. The van der Waals surface area contributed by atoms with Crippen molar-refractivity contribution in [3.05, 3.63) is 63.9 Å². The Kier molecular flexibility index (Phi) is 5.59. The van der Waals surface area contributed by atoms with Crippen molar-refractivity contribution in [1.29, 1.82) is 0 Å². The van der Waals surface area contributed by atoms with Gasteiger partial charge in [-0.2, -0.15) is 0 Å². The van der Waals surface area contributed by atoms with Crippen molar-refractivity contribution < 1.29 is 18.4 Å². The standard InChI is InChI=1S/C20H23BBrFO3/c1-19(2)20(3,4)26-21(25-19)16-8-15(10-18(23)11-16)13-24-12-14-6-5-7-17(22)9-14/h5-11H,12-13H2,1-4H3. The van der Waals surface area contributed by atoms with Crippen LogP contribution in [0.3, 0.4) is 0 Å². The van der Waals surface area contributed by atoms with Gasteiger partial charge < -0.3 is 14.0 Å². The molecule has 0 radical (unpaired) electrons. The predicted octanol–water partition coefficient (Wildman–Crippen LogP) is 4.60. The second kappa shape index (κ2) is 7.43. The van der Waals surface area contributed by atoms with Crippen molar-refractivity contribution >= 4 is 28.5 Å². The molecule has 0 aromatic heterocycles. The summed E-state index contributed by atoms with van der Waals surface area (Å²) in [5.41, 5.74) is 1.57. The third kappa shape index (κ3) is 4.37. The van der Waals surface area contributed by atoms with E-state index in [1.54, 1.807) is 0 Å². The molecule has 0 bridgehead atoms. The van der Waals surface area contributed by atoms with Crippen LogP contribution in [0.5, 0.6) is 0 Å². The Hall–Kier alpha value is -1.21. The van der Waals surface area contributed by atoms with Gasteiger partial charge >= 0.3 is 7.12 Å². The van der Waals surface area contributed by atoms with Gasteiger partial charge in [-0.25, -0.2) is 4.39 Å². The Labute approximate surface area is 163 Å². The van der Waals surface area contributed by atoms with E-state index in [1.165, 1.54) is 12.1 Å². The fraction of sp³-hybridized carbons (Fsp3) is 0.400. The van der Waals surface area contributed by atoms with Crippen LogP contribution in [0.25, 0.3) is 0 Å². The fourth-order valence-corrected chi connectivity index (χ4v) is 3.23. The molecule has 0 atom stereocenters. The molecule has 0 amide bonds. The molecule has 0 saturated carbocycles. The Bertz CT molecular complexity index is 778. The van der Waals surface area contributed by atoms with Crippen molar-refractivity contribution in [2.75, 3.05) is 0 Å². The molecular weight excluding hydrogens is 398 g/mol. The van der Waals surface area contributed by atoms with Crippen LogP contribution in [-0.4, -0.2) is 18.3 Å². The van der Waals surface area contributed by atoms with Gasteiger partial charge in [-0.1, -0.05) is 34.1 Å². The number of benzene rings is 2. The molecule has 3 nitrogen and oxygen atoms in total. The van der Waals surface area contributed by atoms with E-state index in [4.69, 9.17) is 14.0 Å². The molecule has 0 unspecified atom stereocenters. The van der Waals surface area contributed by atoms with Gasteiger partial charge in [-0.05, 0) is 68.6 Å². The van der Waals surface area contributed by atoms with Crippen LogP contribution in [-0.2, 0) is 27.3 Å². The summed E-state index contributed by atoms with van der Waals surface area (Å²) in [6.45, 7) is 8.70. The van der Waals surface area contributed by atoms with Gasteiger partial charge in [-0.15, -0.1) is 0 Å². The minimum Gasteiger partial charge on any atom is -0.399 e. The second-order valence-corrected chi connectivity index (χ2v) is 8.52. The Morgan fingerprint density at radius 1 is 0.962 bits per heavy atom. The van der Waals surface area contributed by atoms with Crippen molar-refractivity contribution in [2.45, 2.75) is 52.1 Å². The van der Waals surface area contributed by atoms with Gasteiger partial charge in [0.1, 0.15) is 5.82 Å². The first kappa shape index (κ1) is 19.6. The van der Waals surface area contributed by atoms with Gasteiger partial charge in [0, 0.05) is 4.47 Å². The van der Waals surface area contributed by atoms with E-state index in [2.05, 4.69) is 15.9 Å². The van der Waals surface area contributed by atoms with Crippen molar-refractivity contribution in [3.8, 4) is 0 Å². The molecule has 138 valence electrons. The highest BCUT2D eigenvalue weighted by Gasteiger charge is 2.51. The zero-order valence-electron chi connectivity index (χ0n) is 15.5. The second-order valence-electron chi connectivity index (χ2n) is 7.60. The molecule has 0 spiro atoms. The summed E-state index contributed by atoms with van der Waals surface area (Å²) in [6, 6.07) is 12.7. The van der Waals surface area contributed by atoms with Gasteiger partial charge in [0.15, 0.2) is 0 Å². The summed E-state index contributed by atoms with van der Waals surface area (Å²) in [5.74, 6) is -0.321. The molecule has 1 saturated heterocycles. The minimum absolute atomic E-state index is 0.316. The van der Waals surface area contributed by atoms with E-state index in [0.717, 1.165) is 15.6 Å². The van der Waals surface area contributed by atoms with Crippen LogP contribution >= 0.6 is 15.9 Å². The number of halogens is 2. The number of hydrogen-bond donors (Lipinski definition) is 0. The van der Waals surface area contributed by atoms with Crippen molar-refractivity contribution in [2.24, 2.45) is 0 Å². The third-order valence-electron chi connectivity index (χ3n) is 4.93. The summed E-state index contributed by atoms with van der Waals surface area (Å²) in [5, 5.41) is 0. The SMILES string of the molecule is CC1(C)OB(c2cc(F)cc(COCc3cccc(Br)c3)c2)OC1(C)C. The first-order chi connectivity index (χ1) is 12.2. The zero-order valence-corrected chi connectivity index (χ0v) is 17.1. The maximum Gasteiger partial charge on any atom is 0.494 e. The molecular formula is C20H23BBrFO3. The zero-order chi connectivity index (χ0) is 18.9. The molecule has 0 N–H and O–H groups in total. The summed E-state index contributed by atoms with van der Waals surface area (Å²) in [7, 11) is -0.584. The number of rotatable bonds is 5. The molecule has 1 heterocycles. The van der Waals surface area contributed by atoms with E-state index < -0.39 is 18.3 Å². The highest BCUT2D eigenvalue weighted by molar-refractivity contribution is 9.10. The highest BCUT2D eigenvalue weighted by Crippen LogP contribution is 2.36. The van der Waals surface area contributed by atoms with Gasteiger partial charge in [0.25, 0.3) is 0 Å². The largest absolute Gasteiger partial charge is 0.494 e. The average molecular weight is 421 g/mol. The van der Waals surface area contributed by atoms with E-state index in [1.807, 2.05) is 58.0 Å². The smallest absolute Gasteiger partial charge is 0.399 e. The van der Waals surface area contributed by atoms with E-state index in [0.29, 0.717) is 18.7 Å². The van der Waals surface area contributed by atoms with E-state index in [9.17, 15) is 4.39 Å². The first-order valence-corrected chi connectivity index (χ1v) is 9.43. The molecule has 1 aliphatic heterocycles. The van der Waals surface area contributed by atoms with Crippen LogP contribution in [0.15, 0.2) is 46.9 Å². The summed E-state index contributed by atoms with van der Waals surface area (Å²) < 4.78 is 32.9. The third-order valence-corrected chi connectivity index (χ3v) is 5.43. The maximum atomic E-state index is 14.1. The normalized spacial score (nSPS) is 18.3. The lowest BCUT2D eigenvalue weighted by Gasteiger charge is -2.32. The maximum absolute atomic E-state index is 14.1. The lowest BCUT2D eigenvalue weighted by Crippen LogP contribution is -2.41. The first-order valence-electron chi connectivity index (χ1n) is 8.63. The highest BCUT2D eigenvalue weighted by atomic mass is 79.9. The Morgan fingerprint density at radius 3 is 2.27 bits per heavy atom. The van der Waals surface area contributed by atoms with Gasteiger partial charge in [0.2, 0.25) is 0 Å². The number of hydrogen-bond acceptors (Lipinski definition) is 3. The van der Waals surface area contributed by atoms with Gasteiger partial charge in [0.05, 0.1) is 24.4 Å². The molecule has 2 aromatic rings. The van der Waals surface area contributed by atoms with Crippen LogP contribution < -0.4 is 5.46 Å². The summed E-state index contributed by atoms with van der Waals surface area (Å²) >= 11 is 3.44. The van der Waals surface area contributed by atoms with Crippen LogP contribution in [0.1, 0.15) is 38.8 Å². The fourth-order valence-electron chi connectivity index (χ4n) is 2.79. The minimum atomic E-state index is -0.584. The molecule has 26 heavy (non-hydrogen) atoms. The van der Waals surface area contributed by atoms with Crippen molar-refractivity contribution in [3.63, 3.8) is 0 Å². The Morgan fingerprint density at radius 2 is 1.62 bits per heavy atom. The number of ether oxygens (including phenoxy) is 1. The molecule has 1 aliphatic rings. The summed E-state index contributed by atoms with van der Waals surface area (Å²) in [6.07, 6.45) is 0. The predicted molar refractivity (Wildman–Crippen MR) is 105 cm³/mol. The molecule has 1 fully saturated rings. The lowest BCUT2D eigenvalue weighted by molar-refractivity contribution is 0.00578. The molecule has 3 rings (SSSR count). The van der Waals surface area contributed by atoms with E-state index in [-0.39, 0.29) is 5.82 Å². The van der Waals surface area contributed by atoms with Crippen LogP contribution in [0.2, 0.25) is 0 Å². The molecule has 0 aliphatic carbocycles. The quantitative estimate of drug-likeness (QED) is 0.661. The van der Waals surface area contributed by atoms with E-state index >= 15 is 0 Å². The average Bonchev–Trinajstić information content (AvgIpc) is 2.75. The van der Waals surface area contributed by atoms with Gasteiger partial charge in [-0.3, -0.25) is 0 Å². The summed E-state index contributed by atoms with van der Waals surface area (Å²) in [4.78, 5) is 0. The topological polar surface area (TPSA) is 27.7 Å². The van der Waals surface area contributed by atoms with Crippen LogP contribution in [0.4, 0.5) is 4.39 Å². The van der Waals surface area contributed by atoms with Crippen LogP contribution in [0, 0.1) is 5.82 Å². The van der Waals surface area contributed by atoms with Crippen molar-refractivity contribution in [1.82, 2.24) is 0 Å². The Balaban J connectivity index is 1.68.